The molecule has 2 nitrogen and oxygen atoms in total. The van der Waals surface area contributed by atoms with Crippen LogP contribution < -0.4 is 0 Å². The number of nitriles is 1. The molecule has 0 aliphatic carbocycles. The Balaban J connectivity index is 2.61. The molecule has 2 aromatic rings. The molecule has 0 unspecified atom stereocenters. The molecule has 0 atom stereocenters. The summed E-state index contributed by atoms with van der Waals surface area (Å²) in [5, 5.41) is 9.10. The first kappa shape index (κ1) is 11.1. The van der Waals surface area contributed by atoms with Gasteiger partial charge in [0.15, 0.2) is 0 Å². The number of pyridine rings is 1. The van der Waals surface area contributed by atoms with Gasteiger partial charge in [0.05, 0.1) is 11.6 Å². The average molecular weight is 320 g/mol. The topological polar surface area (TPSA) is 36.7 Å². The van der Waals surface area contributed by atoms with Crippen molar-refractivity contribution in [1.29, 1.82) is 5.26 Å². The standard InChI is InChI=1S/C13H9IN2/c1-9-6-10(4-5-16-9)13-3-2-12(14)7-11(13)8-15/h2-7H,1H3. The molecule has 16 heavy (non-hydrogen) atoms. The average Bonchev–Trinajstić information content (AvgIpc) is 2.28. The minimum atomic E-state index is 0.706. The Hall–Kier alpha value is -1.41. The van der Waals surface area contributed by atoms with Crippen LogP contribution in [0.15, 0.2) is 36.5 Å². The Morgan fingerprint density at radius 3 is 2.75 bits per heavy atom. The van der Waals surface area contributed by atoms with Crippen LogP contribution in [-0.2, 0) is 0 Å². The van der Waals surface area contributed by atoms with Crippen molar-refractivity contribution in [2.75, 3.05) is 0 Å². The van der Waals surface area contributed by atoms with E-state index in [1.807, 2.05) is 37.3 Å². The van der Waals surface area contributed by atoms with Gasteiger partial charge in [0.1, 0.15) is 0 Å². The lowest BCUT2D eigenvalue weighted by Gasteiger charge is -2.05. The van der Waals surface area contributed by atoms with Crippen LogP contribution in [0.1, 0.15) is 11.3 Å². The molecule has 0 fully saturated rings. The first-order valence-corrected chi connectivity index (χ1v) is 5.91. The molecular weight excluding hydrogens is 311 g/mol. The number of aromatic nitrogens is 1. The highest BCUT2D eigenvalue weighted by Gasteiger charge is 2.05. The molecule has 3 heteroatoms. The normalized spacial score (nSPS) is 9.81. The molecule has 0 radical (unpaired) electrons. The van der Waals surface area contributed by atoms with Crippen LogP contribution in [0.5, 0.6) is 0 Å². The molecule has 1 aromatic carbocycles. The van der Waals surface area contributed by atoms with Crippen molar-refractivity contribution in [3.05, 3.63) is 51.4 Å². The Labute approximate surface area is 108 Å². The monoisotopic (exact) mass is 320 g/mol. The van der Waals surface area contributed by atoms with Crippen molar-refractivity contribution in [3.8, 4) is 17.2 Å². The van der Waals surface area contributed by atoms with Gasteiger partial charge in [-0.15, -0.1) is 0 Å². The van der Waals surface area contributed by atoms with Crippen LogP contribution in [0.4, 0.5) is 0 Å². The maximum Gasteiger partial charge on any atom is 0.0998 e. The largest absolute Gasteiger partial charge is 0.262 e. The van der Waals surface area contributed by atoms with E-state index in [1.54, 1.807) is 6.20 Å². The number of nitrogens with zero attached hydrogens (tertiary/aromatic N) is 2. The Bertz CT molecular complexity index is 570. The SMILES string of the molecule is Cc1cc(-c2ccc(I)cc2C#N)ccn1. The Kier molecular flexibility index (Phi) is 3.20. The van der Waals surface area contributed by atoms with Gasteiger partial charge in [0.25, 0.3) is 0 Å². The van der Waals surface area contributed by atoms with E-state index in [9.17, 15) is 0 Å². The van der Waals surface area contributed by atoms with Crippen molar-refractivity contribution < 1.29 is 0 Å². The lowest BCUT2D eigenvalue weighted by atomic mass is 10.0. The molecule has 0 N–H and O–H groups in total. The summed E-state index contributed by atoms with van der Waals surface area (Å²) >= 11 is 2.21. The maximum atomic E-state index is 9.10. The van der Waals surface area contributed by atoms with Gasteiger partial charge in [0.2, 0.25) is 0 Å². The molecule has 0 aliphatic heterocycles. The van der Waals surface area contributed by atoms with Crippen molar-refractivity contribution in [2.45, 2.75) is 6.92 Å². The summed E-state index contributed by atoms with van der Waals surface area (Å²) in [6, 6.07) is 12.0. The van der Waals surface area contributed by atoms with E-state index >= 15 is 0 Å². The fourth-order valence-corrected chi connectivity index (χ4v) is 2.06. The van der Waals surface area contributed by atoms with Gasteiger partial charge in [-0.25, -0.2) is 0 Å². The van der Waals surface area contributed by atoms with Crippen molar-refractivity contribution >= 4 is 22.6 Å². The van der Waals surface area contributed by atoms with Crippen LogP contribution in [0.2, 0.25) is 0 Å². The van der Waals surface area contributed by atoms with E-state index in [2.05, 4.69) is 33.6 Å². The molecule has 0 spiro atoms. The van der Waals surface area contributed by atoms with E-state index in [4.69, 9.17) is 5.26 Å². The summed E-state index contributed by atoms with van der Waals surface area (Å²) in [6.07, 6.45) is 1.77. The quantitative estimate of drug-likeness (QED) is 0.754. The highest BCUT2D eigenvalue weighted by molar-refractivity contribution is 14.1. The van der Waals surface area contributed by atoms with Gasteiger partial charge in [0, 0.05) is 15.5 Å². The highest BCUT2D eigenvalue weighted by Crippen LogP contribution is 2.24. The van der Waals surface area contributed by atoms with Gasteiger partial charge in [-0.3, -0.25) is 4.98 Å². The predicted molar refractivity (Wildman–Crippen MR) is 71.8 cm³/mol. The number of hydrogen-bond donors (Lipinski definition) is 0. The number of benzene rings is 1. The number of halogens is 1. The zero-order valence-electron chi connectivity index (χ0n) is 8.74. The molecule has 0 saturated carbocycles. The molecule has 0 amide bonds. The summed E-state index contributed by atoms with van der Waals surface area (Å²) in [4.78, 5) is 4.15. The smallest absolute Gasteiger partial charge is 0.0998 e. The number of hydrogen-bond acceptors (Lipinski definition) is 2. The van der Waals surface area contributed by atoms with Gasteiger partial charge in [-0.1, -0.05) is 6.07 Å². The third kappa shape index (κ3) is 2.22. The third-order valence-corrected chi connectivity index (χ3v) is 2.98. The lowest BCUT2D eigenvalue weighted by molar-refractivity contribution is 1.20. The number of rotatable bonds is 1. The van der Waals surface area contributed by atoms with E-state index < -0.39 is 0 Å². The second kappa shape index (κ2) is 4.62. The van der Waals surface area contributed by atoms with Gasteiger partial charge >= 0.3 is 0 Å². The minimum absolute atomic E-state index is 0.706. The summed E-state index contributed by atoms with van der Waals surface area (Å²) in [5.41, 5.74) is 3.67. The molecule has 78 valence electrons. The van der Waals surface area contributed by atoms with Crippen LogP contribution in [0.25, 0.3) is 11.1 Å². The Morgan fingerprint density at radius 2 is 2.06 bits per heavy atom. The summed E-state index contributed by atoms with van der Waals surface area (Å²) in [5.74, 6) is 0. The molecule has 2 rings (SSSR count). The van der Waals surface area contributed by atoms with Gasteiger partial charge < -0.3 is 0 Å². The lowest BCUT2D eigenvalue weighted by Crippen LogP contribution is -1.87. The molecule has 1 heterocycles. The first-order chi connectivity index (χ1) is 7.70. The fourth-order valence-electron chi connectivity index (χ4n) is 1.57. The van der Waals surface area contributed by atoms with E-state index in [0.717, 1.165) is 20.4 Å². The first-order valence-electron chi connectivity index (χ1n) is 4.83. The van der Waals surface area contributed by atoms with E-state index in [-0.39, 0.29) is 0 Å². The minimum Gasteiger partial charge on any atom is -0.262 e. The third-order valence-electron chi connectivity index (χ3n) is 2.31. The highest BCUT2D eigenvalue weighted by atomic mass is 127. The van der Waals surface area contributed by atoms with Crippen LogP contribution in [0, 0.1) is 21.8 Å². The zero-order valence-corrected chi connectivity index (χ0v) is 10.9. The second-order valence-electron chi connectivity index (χ2n) is 3.49. The Morgan fingerprint density at radius 1 is 1.25 bits per heavy atom. The second-order valence-corrected chi connectivity index (χ2v) is 4.73. The fraction of sp³-hybridized carbons (Fsp3) is 0.0769. The van der Waals surface area contributed by atoms with Crippen LogP contribution in [0.3, 0.4) is 0 Å². The number of aryl methyl sites for hydroxylation is 1. The van der Waals surface area contributed by atoms with Crippen molar-refractivity contribution in [3.63, 3.8) is 0 Å². The summed E-state index contributed by atoms with van der Waals surface area (Å²) in [7, 11) is 0. The molecule has 0 aliphatic rings. The predicted octanol–water partition coefficient (Wildman–Crippen LogP) is 3.53. The molecule has 1 aromatic heterocycles. The van der Waals surface area contributed by atoms with Gasteiger partial charge in [-0.05, 0) is 64.9 Å². The van der Waals surface area contributed by atoms with Crippen molar-refractivity contribution in [1.82, 2.24) is 4.98 Å². The maximum absolute atomic E-state index is 9.10. The van der Waals surface area contributed by atoms with Crippen molar-refractivity contribution in [2.24, 2.45) is 0 Å². The zero-order chi connectivity index (χ0) is 11.5. The molecule has 0 bridgehead atoms. The molecule has 0 saturated heterocycles. The molecular formula is C13H9IN2. The summed E-state index contributed by atoms with van der Waals surface area (Å²) < 4.78 is 1.07. The van der Waals surface area contributed by atoms with Crippen LogP contribution >= 0.6 is 22.6 Å². The van der Waals surface area contributed by atoms with E-state index in [0.29, 0.717) is 5.56 Å². The van der Waals surface area contributed by atoms with Crippen LogP contribution in [-0.4, -0.2) is 4.98 Å². The van der Waals surface area contributed by atoms with Gasteiger partial charge in [-0.2, -0.15) is 5.26 Å². The van der Waals surface area contributed by atoms with E-state index in [1.165, 1.54) is 0 Å². The summed E-state index contributed by atoms with van der Waals surface area (Å²) in [6.45, 7) is 1.95.